The molecule has 0 aromatic heterocycles. The van der Waals surface area contributed by atoms with Crippen LogP contribution in [0.1, 0.15) is 11.5 Å². The summed E-state index contributed by atoms with van der Waals surface area (Å²) < 4.78 is 14.1. The molecule has 4 heteroatoms. The molecule has 0 radical (unpaired) electrons. The van der Waals surface area contributed by atoms with Crippen LogP contribution in [0, 0.1) is 0 Å². The van der Waals surface area contributed by atoms with E-state index in [0.717, 1.165) is 5.56 Å². The number of carboxylic acids is 1. The molecule has 15 heavy (non-hydrogen) atoms. The Morgan fingerprint density at radius 3 is 2.73 bits per heavy atom. The molecule has 0 amide bonds. The molecular weight excluding hydrogens is 197 g/mol. The maximum atomic E-state index is 14.1. The van der Waals surface area contributed by atoms with Crippen molar-refractivity contribution in [2.75, 3.05) is 13.1 Å². The second kappa shape index (κ2) is 3.62. The molecule has 0 aliphatic carbocycles. The third-order valence-electron chi connectivity index (χ3n) is 2.84. The van der Waals surface area contributed by atoms with E-state index in [2.05, 4.69) is 5.32 Å². The molecule has 1 aromatic carbocycles. The quantitative estimate of drug-likeness (QED) is 0.768. The molecule has 0 bridgehead atoms. The number of rotatable bonds is 2. The summed E-state index contributed by atoms with van der Waals surface area (Å²) in [5.41, 5.74) is -1.45. The Morgan fingerprint density at radius 2 is 2.13 bits per heavy atom. The Hall–Kier alpha value is -1.42. The number of hydrogen-bond acceptors (Lipinski definition) is 2. The maximum Gasteiger partial charge on any atom is 0.343 e. The third-order valence-corrected chi connectivity index (χ3v) is 2.84. The van der Waals surface area contributed by atoms with E-state index < -0.39 is 17.6 Å². The van der Waals surface area contributed by atoms with Gasteiger partial charge in [-0.1, -0.05) is 30.3 Å². The second-order valence-corrected chi connectivity index (χ2v) is 3.76. The molecule has 2 N–H and O–H groups in total. The zero-order valence-corrected chi connectivity index (χ0v) is 8.11. The van der Waals surface area contributed by atoms with Gasteiger partial charge in [0.1, 0.15) is 0 Å². The van der Waals surface area contributed by atoms with E-state index in [1.165, 1.54) is 0 Å². The Morgan fingerprint density at radius 1 is 1.47 bits per heavy atom. The maximum absolute atomic E-state index is 14.1. The van der Waals surface area contributed by atoms with E-state index in [-0.39, 0.29) is 6.54 Å². The first kappa shape index (κ1) is 10.1. The average molecular weight is 209 g/mol. The van der Waals surface area contributed by atoms with E-state index in [1.54, 1.807) is 24.3 Å². The van der Waals surface area contributed by atoms with Crippen molar-refractivity contribution in [1.29, 1.82) is 0 Å². The molecule has 2 rings (SSSR count). The van der Waals surface area contributed by atoms with Crippen LogP contribution in [0.25, 0.3) is 0 Å². The monoisotopic (exact) mass is 209 g/mol. The van der Waals surface area contributed by atoms with Crippen molar-refractivity contribution in [3.63, 3.8) is 0 Å². The van der Waals surface area contributed by atoms with Crippen LogP contribution in [0.5, 0.6) is 0 Å². The molecule has 2 atom stereocenters. The minimum absolute atomic E-state index is 0.123. The lowest BCUT2D eigenvalue weighted by molar-refractivity contribution is -0.150. The summed E-state index contributed by atoms with van der Waals surface area (Å²) in [6, 6.07) is 8.92. The van der Waals surface area contributed by atoms with Crippen molar-refractivity contribution in [3.05, 3.63) is 35.9 Å². The fraction of sp³-hybridized carbons (Fsp3) is 0.364. The van der Waals surface area contributed by atoms with Gasteiger partial charge in [0, 0.05) is 19.0 Å². The number of alkyl halides is 1. The topological polar surface area (TPSA) is 49.3 Å². The van der Waals surface area contributed by atoms with Crippen LogP contribution < -0.4 is 5.32 Å². The van der Waals surface area contributed by atoms with Crippen LogP contribution >= 0.6 is 0 Å². The molecule has 0 saturated carbocycles. The first-order chi connectivity index (χ1) is 7.14. The van der Waals surface area contributed by atoms with Crippen LogP contribution in [0.2, 0.25) is 0 Å². The van der Waals surface area contributed by atoms with Crippen molar-refractivity contribution in [1.82, 2.24) is 5.32 Å². The van der Waals surface area contributed by atoms with Gasteiger partial charge in [-0.2, -0.15) is 0 Å². The van der Waals surface area contributed by atoms with Crippen LogP contribution in [0.4, 0.5) is 4.39 Å². The van der Waals surface area contributed by atoms with Gasteiger partial charge in [0.25, 0.3) is 0 Å². The Labute approximate surface area is 86.9 Å². The van der Waals surface area contributed by atoms with Crippen molar-refractivity contribution >= 4 is 5.97 Å². The minimum atomic E-state index is -2.18. The summed E-state index contributed by atoms with van der Waals surface area (Å²) in [7, 11) is 0. The fourth-order valence-corrected chi connectivity index (χ4v) is 1.98. The lowest BCUT2D eigenvalue weighted by atomic mass is 9.86. The number of carbonyl (C=O) groups is 1. The predicted octanol–water partition coefficient (Wildman–Crippen LogP) is 1.17. The SMILES string of the molecule is O=C(O)C1(F)CNCC1c1ccccc1. The first-order valence-electron chi connectivity index (χ1n) is 4.82. The van der Waals surface area contributed by atoms with Gasteiger partial charge in [0.2, 0.25) is 5.67 Å². The third kappa shape index (κ3) is 1.61. The first-order valence-corrected chi connectivity index (χ1v) is 4.82. The Kier molecular flexibility index (Phi) is 2.44. The Balaban J connectivity index is 2.34. The Bertz CT molecular complexity index is 368. The number of aliphatic carboxylic acids is 1. The number of hydrogen-bond donors (Lipinski definition) is 2. The van der Waals surface area contributed by atoms with Crippen molar-refractivity contribution in [2.45, 2.75) is 11.6 Å². The van der Waals surface area contributed by atoms with Crippen molar-refractivity contribution in [3.8, 4) is 0 Å². The lowest BCUT2D eigenvalue weighted by Crippen LogP contribution is -2.40. The van der Waals surface area contributed by atoms with E-state index in [0.29, 0.717) is 6.54 Å². The van der Waals surface area contributed by atoms with Gasteiger partial charge < -0.3 is 10.4 Å². The van der Waals surface area contributed by atoms with Crippen molar-refractivity contribution in [2.24, 2.45) is 0 Å². The number of nitrogens with one attached hydrogen (secondary N) is 1. The molecule has 1 saturated heterocycles. The van der Waals surface area contributed by atoms with Crippen LogP contribution in [0.15, 0.2) is 30.3 Å². The summed E-state index contributed by atoms with van der Waals surface area (Å²) in [6.07, 6.45) is 0. The predicted molar refractivity (Wildman–Crippen MR) is 53.5 cm³/mol. The molecule has 1 aromatic rings. The average Bonchev–Trinajstić information content (AvgIpc) is 2.63. The molecule has 1 heterocycles. The molecule has 0 spiro atoms. The minimum Gasteiger partial charge on any atom is -0.479 e. The van der Waals surface area contributed by atoms with Gasteiger partial charge >= 0.3 is 5.97 Å². The molecule has 80 valence electrons. The molecule has 2 unspecified atom stereocenters. The van der Waals surface area contributed by atoms with Gasteiger partial charge in [-0.05, 0) is 5.56 Å². The van der Waals surface area contributed by atoms with Gasteiger partial charge in [-0.25, -0.2) is 9.18 Å². The van der Waals surface area contributed by atoms with Crippen LogP contribution in [-0.2, 0) is 4.79 Å². The highest BCUT2D eigenvalue weighted by molar-refractivity contribution is 5.80. The van der Waals surface area contributed by atoms with Crippen LogP contribution in [-0.4, -0.2) is 29.8 Å². The largest absolute Gasteiger partial charge is 0.479 e. The summed E-state index contributed by atoms with van der Waals surface area (Å²) in [4.78, 5) is 10.9. The molecule has 1 aliphatic rings. The summed E-state index contributed by atoms with van der Waals surface area (Å²) in [5, 5.41) is 11.7. The summed E-state index contributed by atoms with van der Waals surface area (Å²) in [6.45, 7) is 0.245. The second-order valence-electron chi connectivity index (χ2n) is 3.76. The number of carboxylic acid groups (broad SMARTS) is 1. The molecular formula is C11H12FNO2. The lowest BCUT2D eigenvalue weighted by Gasteiger charge is -2.21. The normalized spacial score (nSPS) is 30.3. The van der Waals surface area contributed by atoms with Gasteiger partial charge in [-0.15, -0.1) is 0 Å². The highest BCUT2D eigenvalue weighted by Gasteiger charge is 2.50. The number of halogens is 1. The summed E-state index contributed by atoms with van der Waals surface area (Å²) in [5.74, 6) is -1.99. The standard InChI is InChI=1S/C11H12FNO2/c12-11(10(14)15)7-13-6-9(11)8-4-2-1-3-5-8/h1-5,9,13H,6-7H2,(H,14,15). The fourth-order valence-electron chi connectivity index (χ4n) is 1.98. The van der Waals surface area contributed by atoms with E-state index in [9.17, 15) is 9.18 Å². The highest BCUT2D eigenvalue weighted by atomic mass is 19.1. The number of benzene rings is 1. The molecule has 1 fully saturated rings. The van der Waals surface area contributed by atoms with Crippen molar-refractivity contribution < 1.29 is 14.3 Å². The van der Waals surface area contributed by atoms with Crippen LogP contribution in [0.3, 0.4) is 0 Å². The molecule has 1 aliphatic heterocycles. The van der Waals surface area contributed by atoms with E-state index in [1.807, 2.05) is 6.07 Å². The van der Waals surface area contributed by atoms with Gasteiger partial charge in [0.05, 0.1) is 0 Å². The zero-order valence-electron chi connectivity index (χ0n) is 8.11. The van der Waals surface area contributed by atoms with E-state index in [4.69, 9.17) is 5.11 Å². The molecule has 3 nitrogen and oxygen atoms in total. The van der Waals surface area contributed by atoms with E-state index >= 15 is 0 Å². The van der Waals surface area contributed by atoms with Gasteiger partial charge in [-0.3, -0.25) is 0 Å². The van der Waals surface area contributed by atoms with Gasteiger partial charge in [0.15, 0.2) is 0 Å². The summed E-state index contributed by atoms with van der Waals surface area (Å²) >= 11 is 0. The smallest absolute Gasteiger partial charge is 0.343 e. The highest BCUT2D eigenvalue weighted by Crippen LogP contribution is 2.35. The zero-order chi connectivity index (χ0) is 10.9.